The molecule has 1 aromatic heterocycles. The van der Waals surface area contributed by atoms with E-state index in [4.69, 9.17) is 2.74 Å². The molecule has 0 bridgehead atoms. The number of halogens is 3. The van der Waals surface area contributed by atoms with Crippen molar-refractivity contribution in [3.63, 3.8) is 0 Å². The van der Waals surface area contributed by atoms with Crippen molar-refractivity contribution >= 4 is 21.7 Å². The predicted molar refractivity (Wildman–Crippen MR) is 110 cm³/mol. The third-order valence-electron chi connectivity index (χ3n) is 5.14. The Labute approximate surface area is 178 Å². The number of likely N-dealkylation sites (tertiary alicyclic amines) is 1. The molecular formula is C22H23F3N2O2S. The number of aromatic amines is 1. The molecule has 0 spiro atoms. The van der Waals surface area contributed by atoms with Crippen LogP contribution in [0.4, 0.5) is 13.2 Å². The lowest BCUT2D eigenvalue weighted by Gasteiger charge is -2.16. The van der Waals surface area contributed by atoms with Gasteiger partial charge in [-0.15, -0.1) is 0 Å². The molecule has 1 fully saturated rings. The summed E-state index contributed by atoms with van der Waals surface area (Å²) >= 11 is 0. The Hall–Kier alpha value is -2.16. The largest absolute Gasteiger partial charge is 0.361 e. The van der Waals surface area contributed by atoms with Crippen molar-refractivity contribution in [1.82, 2.24) is 9.88 Å². The smallest absolute Gasteiger partial charge is 0.345 e. The lowest BCUT2D eigenvalue weighted by molar-refractivity contribution is -0.158. The summed E-state index contributed by atoms with van der Waals surface area (Å²) in [6.45, 7) is -2.15. The summed E-state index contributed by atoms with van der Waals surface area (Å²) in [5.41, 5.74) is 1.74. The van der Waals surface area contributed by atoms with Crippen molar-refractivity contribution in [2.24, 2.45) is 0 Å². The molecule has 0 amide bonds. The Bertz CT molecular complexity index is 1110. The third kappa shape index (κ3) is 4.94. The summed E-state index contributed by atoms with van der Waals surface area (Å²) in [5.74, 6) is -0.197. The van der Waals surface area contributed by atoms with Crippen LogP contribution < -0.4 is 0 Å². The molecule has 1 aliphatic rings. The molecule has 3 aromatic rings. The first kappa shape index (κ1) is 18.6. The van der Waals surface area contributed by atoms with Gasteiger partial charge < -0.3 is 14.6 Å². The van der Waals surface area contributed by atoms with Crippen LogP contribution in [0, 0.1) is 5.82 Å². The van der Waals surface area contributed by atoms with Gasteiger partial charge >= 0.3 is 6.61 Å². The topological polar surface area (TPSA) is 45.3 Å². The second-order valence-corrected chi connectivity index (χ2v) is 8.64. The van der Waals surface area contributed by atoms with Crippen molar-refractivity contribution in [3.05, 3.63) is 65.6 Å². The van der Waals surface area contributed by atoms with Crippen LogP contribution in [0.1, 0.15) is 20.3 Å². The van der Waals surface area contributed by atoms with Crippen LogP contribution in [0.15, 0.2) is 53.6 Å². The zero-order valence-corrected chi connectivity index (χ0v) is 16.9. The average Bonchev–Trinajstić information content (AvgIpc) is 3.35. The minimum atomic E-state index is -2.84. The van der Waals surface area contributed by atoms with Crippen LogP contribution in [0.2, 0.25) is 0 Å². The fraction of sp³-hybridized carbons (Fsp3) is 0.364. The van der Waals surface area contributed by atoms with Gasteiger partial charge in [0.25, 0.3) is 0 Å². The Morgan fingerprint density at radius 3 is 2.83 bits per heavy atom. The minimum Gasteiger partial charge on any atom is -0.361 e. The molecule has 1 N–H and O–H groups in total. The highest BCUT2D eigenvalue weighted by atomic mass is 32.2. The normalized spacial score (nSPS) is 19.9. The van der Waals surface area contributed by atoms with Crippen LogP contribution in [0.5, 0.6) is 0 Å². The maximum absolute atomic E-state index is 13.2. The van der Waals surface area contributed by atoms with Crippen LogP contribution >= 0.6 is 0 Å². The summed E-state index contributed by atoms with van der Waals surface area (Å²) < 4.78 is 73.3. The van der Waals surface area contributed by atoms with Crippen LogP contribution in [0.25, 0.3) is 10.9 Å². The second kappa shape index (κ2) is 9.32. The molecule has 2 aromatic carbocycles. The molecule has 4 rings (SSSR count). The summed E-state index contributed by atoms with van der Waals surface area (Å²) in [7, 11) is -1.48. The zero-order valence-electron chi connectivity index (χ0n) is 18.1. The van der Waals surface area contributed by atoms with Gasteiger partial charge in [-0.3, -0.25) is 4.21 Å². The Kier molecular flexibility index (Phi) is 5.78. The molecule has 1 aliphatic heterocycles. The maximum Gasteiger partial charge on any atom is 0.345 e. The van der Waals surface area contributed by atoms with Crippen LogP contribution in [-0.2, 0) is 27.7 Å². The molecule has 8 heteroatoms. The van der Waals surface area contributed by atoms with Crippen LogP contribution in [-0.4, -0.2) is 46.4 Å². The molecule has 4 nitrogen and oxygen atoms in total. The lowest BCUT2D eigenvalue weighted by Crippen LogP contribution is -2.26. The first-order valence-electron chi connectivity index (χ1n) is 10.6. The van der Waals surface area contributed by atoms with Crippen molar-refractivity contribution in [1.29, 1.82) is 0 Å². The summed E-state index contributed by atoms with van der Waals surface area (Å²) in [6, 6.07) is 11.0. The molecule has 0 radical (unpaired) electrons. The van der Waals surface area contributed by atoms with E-state index in [1.54, 1.807) is 41.4 Å². The van der Waals surface area contributed by atoms with Gasteiger partial charge in [0.2, 0.25) is 0 Å². The van der Waals surface area contributed by atoms with Crippen molar-refractivity contribution in [2.45, 2.75) is 36.2 Å². The van der Waals surface area contributed by atoms with E-state index in [0.29, 0.717) is 39.9 Å². The number of hydrogen-bond acceptors (Lipinski definition) is 3. The van der Waals surface area contributed by atoms with Gasteiger partial charge in [0.05, 0.1) is 22.7 Å². The SMILES string of the molecule is [2H]C([2H])(CN1CC[C@H](OC(F)F)C1)c1c[nH]c2cccc(S(=O)Cc3ccc(F)cc3)c12. The van der Waals surface area contributed by atoms with Gasteiger partial charge in [-0.2, -0.15) is 8.78 Å². The van der Waals surface area contributed by atoms with Crippen molar-refractivity contribution in [3.8, 4) is 0 Å². The first-order valence-corrected chi connectivity index (χ1v) is 10.9. The Balaban J connectivity index is 1.58. The fourth-order valence-corrected chi connectivity index (χ4v) is 5.01. The quantitative estimate of drug-likeness (QED) is 0.564. The number of fused-ring (bicyclic) bond motifs is 1. The highest BCUT2D eigenvalue weighted by Gasteiger charge is 2.25. The van der Waals surface area contributed by atoms with E-state index < -0.39 is 29.9 Å². The number of aromatic nitrogens is 1. The van der Waals surface area contributed by atoms with Crippen molar-refractivity contribution in [2.75, 3.05) is 19.6 Å². The number of alkyl halides is 2. The number of rotatable bonds is 8. The molecule has 160 valence electrons. The molecule has 30 heavy (non-hydrogen) atoms. The van der Waals surface area contributed by atoms with Gasteiger partial charge in [-0.1, -0.05) is 18.2 Å². The first-order chi connectivity index (χ1) is 15.2. The number of nitrogens with zero attached hydrogens (tertiary/aromatic N) is 1. The molecule has 2 atom stereocenters. The van der Waals surface area contributed by atoms with E-state index in [9.17, 15) is 17.4 Å². The van der Waals surface area contributed by atoms with E-state index in [2.05, 4.69) is 9.72 Å². The van der Waals surface area contributed by atoms with Crippen LogP contribution in [0.3, 0.4) is 0 Å². The van der Waals surface area contributed by atoms with E-state index in [1.165, 1.54) is 12.1 Å². The molecule has 2 heterocycles. The van der Waals surface area contributed by atoms with Gasteiger partial charge in [0.1, 0.15) is 5.82 Å². The van der Waals surface area contributed by atoms with E-state index in [-0.39, 0.29) is 24.7 Å². The average molecular weight is 439 g/mol. The van der Waals surface area contributed by atoms with Gasteiger partial charge in [0.15, 0.2) is 0 Å². The van der Waals surface area contributed by atoms with E-state index in [1.807, 2.05) is 0 Å². The summed E-state index contributed by atoms with van der Waals surface area (Å²) in [4.78, 5) is 5.31. The zero-order chi connectivity index (χ0) is 22.9. The fourth-order valence-electron chi connectivity index (χ4n) is 3.68. The standard InChI is InChI=1S/C22H23F3N2O2S/c23-17-6-4-15(5-7-17)14-30(28)20-3-1-2-19-21(20)16(12-26-19)8-10-27-11-9-18(13-27)29-22(24)25/h1-7,12,18,22,26H,8-11,13-14H2/t18-,30?/m0/s1/i8D2. The van der Waals surface area contributed by atoms with Gasteiger partial charge in [0, 0.05) is 44.4 Å². The van der Waals surface area contributed by atoms with Crippen molar-refractivity contribution < 1.29 is 24.9 Å². The van der Waals surface area contributed by atoms with Gasteiger partial charge in [-0.05, 0) is 48.2 Å². The second-order valence-electron chi connectivity index (χ2n) is 7.22. The number of ether oxygens (including phenoxy) is 1. The Morgan fingerprint density at radius 1 is 1.27 bits per heavy atom. The monoisotopic (exact) mass is 438 g/mol. The maximum atomic E-state index is 13.2. The minimum absolute atomic E-state index is 0.00197. The van der Waals surface area contributed by atoms with E-state index in [0.717, 1.165) is 0 Å². The molecular weight excluding hydrogens is 413 g/mol. The molecule has 1 saturated heterocycles. The number of H-pyrrole nitrogens is 1. The number of benzene rings is 2. The summed E-state index contributed by atoms with van der Waals surface area (Å²) in [5, 5.41) is 0.553. The molecule has 0 saturated carbocycles. The Morgan fingerprint density at radius 2 is 2.07 bits per heavy atom. The highest BCUT2D eigenvalue weighted by Crippen LogP contribution is 2.28. The summed E-state index contributed by atoms with van der Waals surface area (Å²) in [6.07, 6.45) is -0.436. The number of hydrogen-bond donors (Lipinski definition) is 1. The van der Waals surface area contributed by atoms with Gasteiger partial charge in [-0.25, -0.2) is 4.39 Å². The highest BCUT2D eigenvalue weighted by molar-refractivity contribution is 7.84. The third-order valence-corrected chi connectivity index (χ3v) is 6.57. The van der Waals surface area contributed by atoms with E-state index >= 15 is 0 Å². The molecule has 0 aliphatic carbocycles. The number of nitrogens with one attached hydrogen (secondary N) is 1. The predicted octanol–water partition coefficient (Wildman–Crippen LogP) is 4.47. The lowest BCUT2D eigenvalue weighted by atomic mass is 10.1. The molecule has 1 unspecified atom stereocenters.